The summed E-state index contributed by atoms with van der Waals surface area (Å²) in [6, 6.07) is 7.05. The van der Waals surface area contributed by atoms with Gasteiger partial charge in [-0.1, -0.05) is 18.2 Å². The van der Waals surface area contributed by atoms with Gasteiger partial charge in [0.1, 0.15) is 6.61 Å². The number of cyclic esters (lactones) is 1. The van der Waals surface area contributed by atoms with E-state index in [-0.39, 0.29) is 23.5 Å². The normalized spacial score (nSPS) is 33.2. The molecule has 2 amide bonds. The smallest absolute Gasteiger partial charge is 0.407 e. The van der Waals surface area contributed by atoms with Crippen molar-refractivity contribution < 1.29 is 14.3 Å². The molecule has 5 nitrogen and oxygen atoms in total. The van der Waals surface area contributed by atoms with E-state index in [1.54, 1.807) is 0 Å². The molecular formula is C20H26N2O3. The van der Waals surface area contributed by atoms with Gasteiger partial charge in [-0.25, -0.2) is 4.79 Å². The van der Waals surface area contributed by atoms with Crippen molar-refractivity contribution in [3.05, 3.63) is 34.9 Å². The highest BCUT2D eigenvalue weighted by Gasteiger charge is 2.53. The lowest BCUT2D eigenvalue weighted by atomic mass is 9.67. The van der Waals surface area contributed by atoms with Crippen molar-refractivity contribution in [2.45, 2.75) is 57.0 Å². The molecule has 0 bridgehead atoms. The first-order chi connectivity index (χ1) is 11.9. The molecule has 1 N–H and O–H groups in total. The summed E-state index contributed by atoms with van der Waals surface area (Å²) >= 11 is 0. The fourth-order valence-corrected chi connectivity index (χ4v) is 4.43. The zero-order valence-electron chi connectivity index (χ0n) is 15.2. The summed E-state index contributed by atoms with van der Waals surface area (Å²) in [7, 11) is 1.93. The first-order valence-electron chi connectivity index (χ1n) is 9.16. The van der Waals surface area contributed by atoms with E-state index in [4.69, 9.17) is 4.74 Å². The molecule has 1 saturated heterocycles. The van der Waals surface area contributed by atoms with Crippen molar-refractivity contribution in [3.63, 3.8) is 0 Å². The van der Waals surface area contributed by atoms with Gasteiger partial charge in [-0.05, 0) is 62.1 Å². The maximum atomic E-state index is 12.7. The van der Waals surface area contributed by atoms with Crippen LogP contribution in [0.15, 0.2) is 18.2 Å². The molecule has 25 heavy (non-hydrogen) atoms. The Bertz CT molecular complexity index is 718. The topological polar surface area (TPSA) is 58.6 Å². The fourth-order valence-electron chi connectivity index (χ4n) is 4.43. The molecule has 4 rings (SSSR count). The Morgan fingerprint density at radius 1 is 1.24 bits per heavy atom. The number of rotatable bonds is 3. The van der Waals surface area contributed by atoms with Crippen LogP contribution in [0, 0.1) is 19.8 Å². The van der Waals surface area contributed by atoms with Crippen LogP contribution >= 0.6 is 0 Å². The highest BCUT2D eigenvalue weighted by molar-refractivity contribution is 5.81. The Labute approximate surface area is 148 Å². The van der Waals surface area contributed by atoms with Crippen LogP contribution in [-0.4, -0.2) is 42.1 Å². The van der Waals surface area contributed by atoms with E-state index in [2.05, 4.69) is 37.4 Å². The molecule has 5 heteroatoms. The molecule has 3 aliphatic rings. The number of alkyl carbamates (subject to hydrolysis) is 1. The van der Waals surface area contributed by atoms with Gasteiger partial charge in [-0.3, -0.25) is 4.79 Å². The van der Waals surface area contributed by atoms with Crippen molar-refractivity contribution in [1.29, 1.82) is 0 Å². The molecule has 0 aromatic heterocycles. The molecule has 1 aromatic rings. The molecule has 0 radical (unpaired) electrons. The van der Waals surface area contributed by atoms with Crippen molar-refractivity contribution >= 4 is 12.0 Å². The molecule has 1 spiro atoms. The number of carbonyl (C=O) groups is 2. The third kappa shape index (κ3) is 2.79. The van der Waals surface area contributed by atoms with Gasteiger partial charge in [0.2, 0.25) is 5.91 Å². The second-order valence-electron chi connectivity index (χ2n) is 8.20. The maximum absolute atomic E-state index is 12.7. The standard InChI is InChI=1S/C20H26N2O3/c1-12-4-5-14(6-13(12)2)15-7-17(8-15)22(3)18(23)16-9-20(10-16)11-25-19(24)21-20/h4-6,15-17H,7-11H2,1-3H3,(H,21,24)/t15-,16-,17+,20+. The van der Waals surface area contributed by atoms with Crippen molar-refractivity contribution in [3.8, 4) is 0 Å². The van der Waals surface area contributed by atoms with Crippen LogP contribution in [0.4, 0.5) is 4.79 Å². The van der Waals surface area contributed by atoms with Gasteiger partial charge in [-0.2, -0.15) is 0 Å². The number of carbonyl (C=O) groups excluding carboxylic acids is 2. The van der Waals surface area contributed by atoms with Gasteiger partial charge in [0.05, 0.1) is 5.54 Å². The average molecular weight is 342 g/mol. The number of aryl methyl sites for hydroxylation is 2. The lowest BCUT2D eigenvalue weighted by Gasteiger charge is -2.47. The van der Waals surface area contributed by atoms with Crippen LogP contribution in [0.5, 0.6) is 0 Å². The van der Waals surface area contributed by atoms with Crippen molar-refractivity contribution in [1.82, 2.24) is 10.2 Å². The highest BCUT2D eigenvalue weighted by Crippen LogP contribution is 2.44. The Kier molecular flexibility index (Phi) is 3.78. The molecular weight excluding hydrogens is 316 g/mol. The van der Waals surface area contributed by atoms with E-state index in [9.17, 15) is 9.59 Å². The molecule has 1 aliphatic heterocycles. The molecule has 1 aromatic carbocycles. The number of nitrogens with one attached hydrogen (secondary N) is 1. The third-order valence-electron chi connectivity index (χ3n) is 6.48. The Morgan fingerprint density at radius 3 is 2.56 bits per heavy atom. The Balaban J connectivity index is 1.30. The molecule has 0 unspecified atom stereocenters. The minimum atomic E-state index is -0.352. The van der Waals surface area contributed by atoms with E-state index in [0.717, 1.165) is 12.8 Å². The molecule has 2 saturated carbocycles. The summed E-state index contributed by atoms with van der Waals surface area (Å²) in [6.07, 6.45) is 3.14. The summed E-state index contributed by atoms with van der Waals surface area (Å²) in [5.74, 6) is 0.804. The van der Waals surface area contributed by atoms with Gasteiger partial charge in [-0.15, -0.1) is 0 Å². The summed E-state index contributed by atoms with van der Waals surface area (Å²) in [6.45, 7) is 4.69. The molecule has 3 fully saturated rings. The molecule has 134 valence electrons. The average Bonchev–Trinajstić information content (AvgIpc) is 2.89. The first-order valence-corrected chi connectivity index (χ1v) is 9.16. The van der Waals surface area contributed by atoms with E-state index in [1.807, 2.05) is 11.9 Å². The van der Waals surface area contributed by atoms with Crippen LogP contribution in [0.2, 0.25) is 0 Å². The zero-order valence-corrected chi connectivity index (χ0v) is 15.2. The van der Waals surface area contributed by atoms with Crippen LogP contribution in [0.3, 0.4) is 0 Å². The predicted molar refractivity (Wildman–Crippen MR) is 94.4 cm³/mol. The second-order valence-corrected chi connectivity index (χ2v) is 8.20. The molecule has 1 heterocycles. The van der Waals surface area contributed by atoms with Gasteiger partial charge in [0, 0.05) is 19.0 Å². The molecule has 0 atom stereocenters. The summed E-state index contributed by atoms with van der Waals surface area (Å²) in [4.78, 5) is 25.8. The number of amides is 2. The number of ether oxygens (including phenoxy) is 1. The highest BCUT2D eigenvalue weighted by atomic mass is 16.6. The van der Waals surface area contributed by atoms with Crippen molar-refractivity contribution in [2.24, 2.45) is 5.92 Å². The predicted octanol–water partition coefficient (Wildman–Crippen LogP) is 2.90. The van der Waals surface area contributed by atoms with E-state index < -0.39 is 0 Å². The van der Waals surface area contributed by atoms with Gasteiger partial charge in [0.15, 0.2) is 0 Å². The zero-order chi connectivity index (χ0) is 17.8. The minimum Gasteiger partial charge on any atom is -0.447 e. The van der Waals surface area contributed by atoms with Crippen LogP contribution in [0.25, 0.3) is 0 Å². The maximum Gasteiger partial charge on any atom is 0.407 e. The largest absolute Gasteiger partial charge is 0.447 e. The lowest BCUT2D eigenvalue weighted by molar-refractivity contribution is -0.143. The molecule has 2 aliphatic carbocycles. The summed E-state index contributed by atoms with van der Waals surface area (Å²) < 4.78 is 4.99. The quantitative estimate of drug-likeness (QED) is 0.919. The Morgan fingerprint density at radius 2 is 1.96 bits per heavy atom. The first kappa shape index (κ1) is 16.4. The second kappa shape index (κ2) is 5.75. The number of nitrogens with zero attached hydrogens (tertiary/aromatic N) is 1. The minimum absolute atomic E-state index is 0.0210. The van der Waals surface area contributed by atoms with E-state index in [1.165, 1.54) is 16.7 Å². The third-order valence-corrected chi connectivity index (χ3v) is 6.48. The fraction of sp³-hybridized carbons (Fsp3) is 0.600. The lowest BCUT2D eigenvalue weighted by Crippen LogP contribution is -2.59. The number of benzene rings is 1. The summed E-state index contributed by atoms with van der Waals surface area (Å²) in [5.41, 5.74) is 3.79. The SMILES string of the molecule is Cc1ccc([C@H]2C[C@@H](N(C)C(=O)[C@H]3C[C@]4(COC(=O)N4)C3)C2)cc1C. The van der Waals surface area contributed by atoms with Crippen LogP contribution < -0.4 is 5.32 Å². The van der Waals surface area contributed by atoms with Crippen molar-refractivity contribution in [2.75, 3.05) is 13.7 Å². The number of hydrogen-bond acceptors (Lipinski definition) is 3. The van der Waals surface area contributed by atoms with Gasteiger partial charge in [0.25, 0.3) is 0 Å². The monoisotopic (exact) mass is 342 g/mol. The van der Waals surface area contributed by atoms with Gasteiger partial charge >= 0.3 is 6.09 Å². The van der Waals surface area contributed by atoms with Crippen LogP contribution in [-0.2, 0) is 9.53 Å². The number of hydrogen-bond donors (Lipinski definition) is 1. The Hall–Kier alpha value is -2.04. The van der Waals surface area contributed by atoms with E-state index >= 15 is 0 Å². The van der Waals surface area contributed by atoms with Gasteiger partial charge < -0.3 is 15.0 Å². The summed E-state index contributed by atoms with van der Waals surface area (Å²) in [5, 5.41) is 2.85. The van der Waals surface area contributed by atoms with Crippen LogP contribution in [0.1, 0.15) is 48.3 Å². The van der Waals surface area contributed by atoms with E-state index in [0.29, 0.717) is 31.4 Å².